The third-order valence-electron chi connectivity index (χ3n) is 3.77. The van der Waals surface area contributed by atoms with Gasteiger partial charge in [-0.3, -0.25) is 9.69 Å². The molecule has 0 spiro atoms. The second kappa shape index (κ2) is 5.68. The molecule has 1 fully saturated rings. The Balaban J connectivity index is 1.59. The van der Waals surface area contributed by atoms with E-state index in [0.717, 1.165) is 43.9 Å². The van der Waals surface area contributed by atoms with Crippen molar-refractivity contribution in [2.75, 3.05) is 39.5 Å². The van der Waals surface area contributed by atoms with Gasteiger partial charge in [-0.1, -0.05) is 6.07 Å². The van der Waals surface area contributed by atoms with Gasteiger partial charge in [0, 0.05) is 32.7 Å². The zero-order chi connectivity index (χ0) is 13.9. The van der Waals surface area contributed by atoms with Crippen LogP contribution < -0.4 is 9.47 Å². The lowest BCUT2D eigenvalue weighted by Gasteiger charge is -2.33. The number of carbonyl (C=O) groups excluding carboxylic acids is 1. The van der Waals surface area contributed by atoms with Crippen LogP contribution in [0.1, 0.15) is 11.7 Å². The number of β-amino-alcohol motifs (C(OH)–C–C–N with tert-alkyl or cyclic N) is 1. The minimum Gasteiger partial charge on any atom is -0.454 e. The number of piperazine rings is 1. The predicted octanol–water partition coefficient (Wildman–Crippen LogP) is 0.223. The van der Waals surface area contributed by atoms with Crippen molar-refractivity contribution in [1.82, 2.24) is 9.80 Å². The Hall–Kier alpha value is -1.79. The Kier molecular flexibility index (Phi) is 3.75. The Morgan fingerprint density at radius 2 is 1.95 bits per heavy atom. The number of hydrogen-bond acceptors (Lipinski definition) is 5. The number of amides is 1. The quantitative estimate of drug-likeness (QED) is 0.799. The maximum Gasteiger partial charge on any atom is 0.231 e. The zero-order valence-corrected chi connectivity index (χ0v) is 11.2. The highest BCUT2D eigenvalue weighted by molar-refractivity contribution is 5.47. The van der Waals surface area contributed by atoms with Crippen LogP contribution in [-0.2, 0) is 4.79 Å². The van der Waals surface area contributed by atoms with E-state index in [1.54, 1.807) is 4.90 Å². The molecule has 1 aromatic rings. The smallest absolute Gasteiger partial charge is 0.231 e. The summed E-state index contributed by atoms with van der Waals surface area (Å²) in [5.74, 6) is 1.41. The zero-order valence-electron chi connectivity index (χ0n) is 11.2. The average molecular weight is 278 g/mol. The number of nitrogens with zero attached hydrogens (tertiary/aromatic N) is 2. The Morgan fingerprint density at radius 3 is 2.70 bits per heavy atom. The molecule has 2 heterocycles. The van der Waals surface area contributed by atoms with Crippen molar-refractivity contribution in [3.63, 3.8) is 0 Å². The summed E-state index contributed by atoms with van der Waals surface area (Å²) in [5, 5.41) is 10.3. The van der Waals surface area contributed by atoms with Crippen LogP contribution in [0.3, 0.4) is 0 Å². The number of benzene rings is 1. The first-order valence-electron chi connectivity index (χ1n) is 6.75. The molecular weight excluding hydrogens is 260 g/mol. The van der Waals surface area contributed by atoms with E-state index < -0.39 is 6.10 Å². The fourth-order valence-electron chi connectivity index (χ4n) is 2.52. The summed E-state index contributed by atoms with van der Waals surface area (Å²) in [4.78, 5) is 14.6. The average Bonchev–Trinajstić information content (AvgIpc) is 2.95. The maximum atomic E-state index is 10.7. The van der Waals surface area contributed by atoms with Gasteiger partial charge < -0.3 is 19.5 Å². The lowest BCUT2D eigenvalue weighted by molar-refractivity contribution is -0.119. The largest absolute Gasteiger partial charge is 0.454 e. The van der Waals surface area contributed by atoms with Crippen molar-refractivity contribution in [1.29, 1.82) is 0 Å². The Bertz CT molecular complexity index is 486. The predicted molar refractivity (Wildman–Crippen MR) is 71.6 cm³/mol. The van der Waals surface area contributed by atoms with E-state index in [4.69, 9.17) is 9.47 Å². The van der Waals surface area contributed by atoms with Gasteiger partial charge in [-0.2, -0.15) is 0 Å². The highest BCUT2D eigenvalue weighted by atomic mass is 16.7. The van der Waals surface area contributed by atoms with E-state index in [2.05, 4.69) is 4.90 Å². The van der Waals surface area contributed by atoms with E-state index in [1.807, 2.05) is 18.2 Å². The van der Waals surface area contributed by atoms with Crippen molar-refractivity contribution < 1.29 is 19.4 Å². The molecule has 1 N–H and O–H groups in total. The molecule has 1 unspecified atom stereocenters. The molecule has 1 amide bonds. The van der Waals surface area contributed by atoms with Crippen LogP contribution in [0.2, 0.25) is 0 Å². The van der Waals surface area contributed by atoms with Crippen LogP contribution in [0.5, 0.6) is 11.5 Å². The monoisotopic (exact) mass is 278 g/mol. The highest BCUT2D eigenvalue weighted by Gasteiger charge is 2.21. The number of ether oxygens (including phenoxy) is 2. The van der Waals surface area contributed by atoms with Gasteiger partial charge >= 0.3 is 0 Å². The molecule has 108 valence electrons. The van der Waals surface area contributed by atoms with Crippen LogP contribution in [-0.4, -0.2) is 60.8 Å². The second-order valence-electron chi connectivity index (χ2n) is 5.07. The van der Waals surface area contributed by atoms with Crippen molar-refractivity contribution in [2.24, 2.45) is 0 Å². The number of carbonyl (C=O) groups is 1. The van der Waals surface area contributed by atoms with Crippen molar-refractivity contribution >= 4 is 6.41 Å². The van der Waals surface area contributed by atoms with Crippen LogP contribution in [0, 0.1) is 0 Å². The van der Waals surface area contributed by atoms with Crippen LogP contribution in [0.15, 0.2) is 18.2 Å². The summed E-state index contributed by atoms with van der Waals surface area (Å²) in [6, 6.07) is 5.51. The molecule has 2 aliphatic heterocycles. The summed E-state index contributed by atoms with van der Waals surface area (Å²) >= 11 is 0. The lowest BCUT2D eigenvalue weighted by Crippen LogP contribution is -2.46. The maximum absolute atomic E-state index is 10.7. The molecular formula is C14H18N2O4. The molecule has 2 aliphatic rings. The second-order valence-corrected chi connectivity index (χ2v) is 5.07. The fourth-order valence-corrected chi connectivity index (χ4v) is 2.52. The molecule has 0 saturated carbocycles. The molecule has 3 rings (SSSR count). The third-order valence-corrected chi connectivity index (χ3v) is 3.77. The first-order valence-corrected chi connectivity index (χ1v) is 6.75. The number of fused-ring (bicyclic) bond motifs is 1. The van der Waals surface area contributed by atoms with Gasteiger partial charge in [-0.15, -0.1) is 0 Å². The van der Waals surface area contributed by atoms with Crippen molar-refractivity contribution in [2.45, 2.75) is 6.10 Å². The molecule has 20 heavy (non-hydrogen) atoms. The van der Waals surface area contributed by atoms with Crippen LogP contribution >= 0.6 is 0 Å². The summed E-state index contributed by atoms with van der Waals surface area (Å²) in [6.45, 7) is 3.82. The minimum atomic E-state index is -0.563. The van der Waals surface area contributed by atoms with Gasteiger partial charge in [0.15, 0.2) is 11.5 Å². The summed E-state index contributed by atoms with van der Waals surface area (Å²) in [5.41, 5.74) is 0.826. The third kappa shape index (κ3) is 2.71. The fraction of sp³-hybridized carbons (Fsp3) is 0.500. The van der Waals surface area contributed by atoms with E-state index >= 15 is 0 Å². The summed E-state index contributed by atoms with van der Waals surface area (Å²) in [6.07, 6.45) is 0.318. The van der Waals surface area contributed by atoms with Gasteiger partial charge in [-0.25, -0.2) is 0 Å². The first kappa shape index (κ1) is 13.2. The molecule has 0 aromatic heterocycles. The van der Waals surface area contributed by atoms with Crippen LogP contribution in [0.25, 0.3) is 0 Å². The minimum absolute atomic E-state index is 0.239. The topological polar surface area (TPSA) is 62.2 Å². The van der Waals surface area contributed by atoms with Crippen LogP contribution in [0.4, 0.5) is 0 Å². The van der Waals surface area contributed by atoms with Gasteiger partial charge in [0.2, 0.25) is 13.2 Å². The van der Waals surface area contributed by atoms with Crippen molar-refractivity contribution in [3.05, 3.63) is 23.8 Å². The molecule has 0 aliphatic carbocycles. The molecule has 1 aromatic carbocycles. The SMILES string of the molecule is O=CN1CCN(CC(O)c2ccc3c(c2)OCO3)CC1. The van der Waals surface area contributed by atoms with Crippen molar-refractivity contribution in [3.8, 4) is 11.5 Å². The molecule has 6 heteroatoms. The number of hydrogen-bond donors (Lipinski definition) is 1. The number of aliphatic hydroxyl groups is 1. The van der Waals surface area contributed by atoms with E-state index in [-0.39, 0.29) is 6.79 Å². The van der Waals surface area contributed by atoms with Gasteiger partial charge in [-0.05, 0) is 17.7 Å². The molecule has 1 saturated heterocycles. The molecule has 0 radical (unpaired) electrons. The Morgan fingerprint density at radius 1 is 1.20 bits per heavy atom. The van der Waals surface area contributed by atoms with Gasteiger partial charge in [0.1, 0.15) is 0 Å². The Labute approximate surface area is 117 Å². The van der Waals surface area contributed by atoms with E-state index in [0.29, 0.717) is 12.3 Å². The molecule has 1 atom stereocenters. The number of rotatable bonds is 4. The normalized spacial score (nSPS) is 19.9. The van der Waals surface area contributed by atoms with E-state index in [1.165, 1.54) is 0 Å². The first-order chi connectivity index (χ1) is 9.76. The summed E-state index contributed by atoms with van der Waals surface area (Å²) < 4.78 is 10.6. The standard InChI is InChI=1S/C14H18N2O4/c17-9-16-5-3-15(4-6-16)8-12(18)11-1-2-13-14(7-11)20-10-19-13/h1-2,7,9,12,18H,3-6,8,10H2. The molecule has 6 nitrogen and oxygen atoms in total. The lowest BCUT2D eigenvalue weighted by atomic mass is 10.1. The van der Waals surface area contributed by atoms with E-state index in [9.17, 15) is 9.90 Å². The number of aliphatic hydroxyl groups excluding tert-OH is 1. The molecule has 0 bridgehead atoms. The van der Waals surface area contributed by atoms with Gasteiger partial charge in [0.05, 0.1) is 6.10 Å². The summed E-state index contributed by atoms with van der Waals surface area (Å²) in [7, 11) is 0. The van der Waals surface area contributed by atoms with Gasteiger partial charge in [0.25, 0.3) is 0 Å². The highest BCUT2D eigenvalue weighted by Crippen LogP contribution is 2.34.